The van der Waals surface area contributed by atoms with Gasteiger partial charge in [-0.1, -0.05) is 24.3 Å². The van der Waals surface area contributed by atoms with Crippen LogP contribution in [0.5, 0.6) is 0 Å². The Bertz CT molecular complexity index is 539. The third-order valence-electron chi connectivity index (χ3n) is 4.08. The number of anilines is 1. The first-order chi connectivity index (χ1) is 9.36. The van der Waals surface area contributed by atoms with Crippen LogP contribution in [0.15, 0.2) is 36.5 Å². The molecule has 0 spiro atoms. The summed E-state index contributed by atoms with van der Waals surface area (Å²) in [5.41, 5.74) is 0. The number of rotatable bonds is 2. The second-order valence-corrected chi connectivity index (χ2v) is 5.30. The van der Waals surface area contributed by atoms with Gasteiger partial charge in [0.2, 0.25) is 0 Å². The highest BCUT2D eigenvalue weighted by Gasteiger charge is 2.19. The normalized spacial score (nSPS) is 20.2. The SMILES string of the molecule is CN(c1nccc2ccccc12)C1CCCNCC1. The molecule has 1 aliphatic rings. The van der Waals surface area contributed by atoms with E-state index in [1.165, 1.54) is 30.0 Å². The Morgan fingerprint density at radius 3 is 3.00 bits per heavy atom. The van der Waals surface area contributed by atoms with Gasteiger partial charge in [-0.15, -0.1) is 0 Å². The lowest BCUT2D eigenvalue weighted by atomic mass is 10.1. The molecule has 1 fully saturated rings. The number of fused-ring (bicyclic) bond motifs is 1. The molecular formula is C16H21N3. The minimum Gasteiger partial charge on any atom is -0.356 e. The van der Waals surface area contributed by atoms with Crippen LogP contribution in [-0.4, -0.2) is 31.2 Å². The van der Waals surface area contributed by atoms with Crippen molar-refractivity contribution in [3.8, 4) is 0 Å². The van der Waals surface area contributed by atoms with Gasteiger partial charge in [-0.05, 0) is 43.8 Å². The molecule has 3 nitrogen and oxygen atoms in total. The number of benzene rings is 1. The van der Waals surface area contributed by atoms with Gasteiger partial charge in [0, 0.05) is 24.7 Å². The van der Waals surface area contributed by atoms with E-state index in [1.54, 1.807) is 0 Å². The summed E-state index contributed by atoms with van der Waals surface area (Å²) < 4.78 is 0. The maximum absolute atomic E-state index is 4.62. The Hall–Kier alpha value is -1.61. The van der Waals surface area contributed by atoms with E-state index in [1.807, 2.05) is 6.20 Å². The number of hydrogen-bond acceptors (Lipinski definition) is 3. The van der Waals surface area contributed by atoms with Crippen LogP contribution in [0.1, 0.15) is 19.3 Å². The molecule has 1 saturated heterocycles. The molecule has 1 N–H and O–H groups in total. The van der Waals surface area contributed by atoms with Crippen molar-refractivity contribution in [2.45, 2.75) is 25.3 Å². The third kappa shape index (κ3) is 2.56. The fourth-order valence-corrected chi connectivity index (χ4v) is 2.95. The second kappa shape index (κ2) is 5.57. The largest absolute Gasteiger partial charge is 0.356 e. The van der Waals surface area contributed by atoms with Gasteiger partial charge in [-0.25, -0.2) is 4.98 Å². The van der Waals surface area contributed by atoms with Crippen LogP contribution in [0.25, 0.3) is 10.8 Å². The molecule has 0 aliphatic carbocycles. The lowest BCUT2D eigenvalue weighted by Gasteiger charge is -2.29. The zero-order chi connectivity index (χ0) is 13.1. The molecule has 1 aromatic carbocycles. The van der Waals surface area contributed by atoms with Crippen molar-refractivity contribution in [2.24, 2.45) is 0 Å². The van der Waals surface area contributed by atoms with Gasteiger partial charge in [0.25, 0.3) is 0 Å². The third-order valence-corrected chi connectivity index (χ3v) is 4.08. The van der Waals surface area contributed by atoms with E-state index in [4.69, 9.17) is 0 Å². The summed E-state index contributed by atoms with van der Waals surface area (Å²) in [6, 6.07) is 11.2. The fraction of sp³-hybridized carbons (Fsp3) is 0.438. The van der Waals surface area contributed by atoms with Crippen LogP contribution in [0, 0.1) is 0 Å². The van der Waals surface area contributed by atoms with Gasteiger partial charge in [0.05, 0.1) is 0 Å². The highest BCUT2D eigenvalue weighted by molar-refractivity contribution is 5.92. The Labute approximate surface area is 114 Å². The molecule has 1 aromatic heterocycles. The van der Waals surface area contributed by atoms with Gasteiger partial charge >= 0.3 is 0 Å². The van der Waals surface area contributed by atoms with Crippen LogP contribution >= 0.6 is 0 Å². The quantitative estimate of drug-likeness (QED) is 0.894. The smallest absolute Gasteiger partial charge is 0.136 e. The van der Waals surface area contributed by atoms with E-state index < -0.39 is 0 Å². The van der Waals surface area contributed by atoms with Crippen molar-refractivity contribution < 1.29 is 0 Å². The first-order valence-corrected chi connectivity index (χ1v) is 7.13. The molecule has 3 heteroatoms. The number of aromatic nitrogens is 1. The van der Waals surface area contributed by atoms with E-state index in [0.29, 0.717) is 6.04 Å². The number of pyridine rings is 1. The molecule has 3 rings (SSSR count). The molecule has 0 radical (unpaired) electrons. The average molecular weight is 255 g/mol. The maximum atomic E-state index is 4.62. The molecule has 0 bridgehead atoms. The van der Waals surface area contributed by atoms with E-state index in [2.05, 4.69) is 52.6 Å². The molecule has 2 heterocycles. The topological polar surface area (TPSA) is 28.2 Å². The Morgan fingerprint density at radius 1 is 1.16 bits per heavy atom. The van der Waals surface area contributed by atoms with Crippen molar-refractivity contribution >= 4 is 16.6 Å². The molecule has 1 unspecified atom stereocenters. The minimum atomic E-state index is 0.591. The molecule has 1 atom stereocenters. The van der Waals surface area contributed by atoms with E-state index in [9.17, 15) is 0 Å². The van der Waals surface area contributed by atoms with Crippen molar-refractivity contribution in [3.05, 3.63) is 36.5 Å². The molecule has 0 saturated carbocycles. The van der Waals surface area contributed by atoms with Crippen molar-refractivity contribution in [1.82, 2.24) is 10.3 Å². The van der Waals surface area contributed by atoms with Crippen molar-refractivity contribution in [1.29, 1.82) is 0 Å². The summed E-state index contributed by atoms with van der Waals surface area (Å²) in [6.45, 7) is 2.26. The molecule has 0 amide bonds. The van der Waals surface area contributed by atoms with Gasteiger partial charge in [0.1, 0.15) is 5.82 Å². The minimum absolute atomic E-state index is 0.591. The highest BCUT2D eigenvalue weighted by Crippen LogP contribution is 2.26. The summed E-state index contributed by atoms with van der Waals surface area (Å²) in [6.07, 6.45) is 5.61. The summed E-state index contributed by atoms with van der Waals surface area (Å²) >= 11 is 0. The van der Waals surface area contributed by atoms with Crippen LogP contribution < -0.4 is 10.2 Å². The maximum Gasteiger partial charge on any atom is 0.136 e. The predicted octanol–water partition coefficient (Wildman–Crippen LogP) is 2.81. The zero-order valence-corrected chi connectivity index (χ0v) is 11.5. The average Bonchev–Trinajstić information content (AvgIpc) is 2.75. The van der Waals surface area contributed by atoms with Crippen LogP contribution in [0.4, 0.5) is 5.82 Å². The summed E-state index contributed by atoms with van der Waals surface area (Å²) in [7, 11) is 2.19. The first-order valence-electron chi connectivity index (χ1n) is 7.13. The lowest BCUT2D eigenvalue weighted by molar-refractivity contribution is 0.564. The fourth-order valence-electron chi connectivity index (χ4n) is 2.95. The van der Waals surface area contributed by atoms with Gasteiger partial charge in [0.15, 0.2) is 0 Å². The summed E-state index contributed by atoms with van der Waals surface area (Å²) in [5, 5.41) is 6.00. The lowest BCUT2D eigenvalue weighted by Crippen LogP contribution is -2.33. The Morgan fingerprint density at radius 2 is 2.05 bits per heavy atom. The van der Waals surface area contributed by atoms with Crippen LogP contribution in [0.3, 0.4) is 0 Å². The molecule has 1 aliphatic heterocycles. The molecule has 19 heavy (non-hydrogen) atoms. The van der Waals surface area contributed by atoms with Gasteiger partial charge < -0.3 is 10.2 Å². The Balaban J connectivity index is 1.94. The first kappa shape index (κ1) is 12.4. The zero-order valence-electron chi connectivity index (χ0n) is 11.5. The summed E-state index contributed by atoms with van der Waals surface area (Å²) in [4.78, 5) is 6.99. The molecule has 2 aromatic rings. The highest BCUT2D eigenvalue weighted by atomic mass is 15.2. The van der Waals surface area contributed by atoms with E-state index in [0.717, 1.165) is 18.9 Å². The van der Waals surface area contributed by atoms with Crippen molar-refractivity contribution in [3.63, 3.8) is 0 Å². The number of nitrogens with zero attached hydrogens (tertiary/aromatic N) is 2. The molecule has 100 valence electrons. The van der Waals surface area contributed by atoms with Gasteiger partial charge in [-0.3, -0.25) is 0 Å². The predicted molar refractivity (Wildman–Crippen MR) is 80.7 cm³/mol. The number of hydrogen-bond donors (Lipinski definition) is 1. The van der Waals surface area contributed by atoms with E-state index in [-0.39, 0.29) is 0 Å². The standard InChI is InChI=1S/C16H21N3/c1-19(14-6-4-10-17-11-9-14)16-15-7-3-2-5-13(15)8-12-18-16/h2-3,5,7-8,12,14,17H,4,6,9-11H2,1H3. The van der Waals surface area contributed by atoms with E-state index >= 15 is 0 Å². The number of nitrogens with one attached hydrogen (secondary N) is 1. The molecular weight excluding hydrogens is 234 g/mol. The van der Waals surface area contributed by atoms with Crippen LogP contribution in [0.2, 0.25) is 0 Å². The van der Waals surface area contributed by atoms with Gasteiger partial charge in [-0.2, -0.15) is 0 Å². The monoisotopic (exact) mass is 255 g/mol. The van der Waals surface area contributed by atoms with Crippen LogP contribution in [-0.2, 0) is 0 Å². The Kier molecular flexibility index (Phi) is 3.65. The second-order valence-electron chi connectivity index (χ2n) is 5.30. The van der Waals surface area contributed by atoms with Crippen molar-refractivity contribution in [2.75, 3.05) is 25.0 Å². The summed E-state index contributed by atoms with van der Waals surface area (Å²) in [5.74, 6) is 1.12.